The van der Waals surface area contributed by atoms with Crippen LogP contribution in [0.3, 0.4) is 0 Å². The summed E-state index contributed by atoms with van der Waals surface area (Å²) in [5.41, 5.74) is 6.82. The normalized spacial score (nSPS) is 24.3. The van der Waals surface area contributed by atoms with Gasteiger partial charge in [0.1, 0.15) is 17.1 Å². The Morgan fingerprint density at radius 3 is 2.55 bits per heavy atom. The lowest BCUT2D eigenvalue weighted by atomic mass is 10.00. The number of carbonyl (C=O) groups is 2. The van der Waals surface area contributed by atoms with Crippen molar-refractivity contribution >= 4 is 23.6 Å². The Morgan fingerprint density at radius 2 is 1.91 bits per heavy atom. The number of fused-ring (bicyclic) bond motifs is 1. The second-order valence-corrected chi connectivity index (χ2v) is 7.17. The molecule has 2 heterocycles. The quantitative estimate of drug-likeness (QED) is 0.503. The minimum Gasteiger partial charge on any atom is -0.477 e. The van der Waals surface area contributed by atoms with E-state index >= 15 is 0 Å². The molecular weight excluding hydrogens is 300 g/mol. The van der Waals surface area contributed by atoms with Gasteiger partial charge in [-0.25, -0.2) is 4.79 Å². The first-order valence-electron chi connectivity index (χ1n) is 8.23. The summed E-state index contributed by atoms with van der Waals surface area (Å²) in [4.78, 5) is 24.7. The van der Waals surface area contributed by atoms with Crippen LogP contribution in [0.2, 0.25) is 0 Å². The third-order valence-corrected chi connectivity index (χ3v) is 5.73. The zero-order valence-electron chi connectivity index (χ0n) is 13.2. The van der Waals surface area contributed by atoms with Gasteiger partial charge in [0.15, 0.2) is 0 Å². The van der Waals surface area contributed by atoms with Gasteiger partial charge in [-0.05, 0) is 18.4 Å². The standard InChI is InChI=1S/C16H26N2O3S/c1-2-3-4-5-6-7-8-9-11-10-22-15-12(17)14(19)18(15)13(11)16(20)21/h12,15H,2-10,17H2,1H3,(H,20,21). The molecule has 2 rings (SSSR count). The molecular formula is C16H26N2O3S. The van der Waals surface area contributed by atoms with E-state index in [9.17, 15) is 14.7 Å². The number of thioether (sulfide) groups is 1. The highest BCUT2D eigenvalue weighted by Gasteiger charge is 2.51. The number of nitrogens with two attached hydrogens (primary N) is 1. The largest absolute Gasteiger partial charge is 0.477 e. The number of hydrogen-bond donors (Lipinski definition) is 2. The van der Waals surface area contributed by atoms with Gasteiger partial charge in [0, 0.05) is 5.75 Å². The predicted molar refractivity (Wildman–Crippen MR) is 88.3 cm³/mol. The van der Waals surface area contributed by atoms with Crippen LogP contribution in [-0.4, -0.2) is 39.1 Å². The van der Waals surface area contributed by atoms with Crippen LogP contribution in [0.4, 0.5) is 0 Å². The molecule has 2 unspecified atom stereocenters. The molecule has 0 aliphatic carbocycles. The summed E-state index contributed by atoms with van der Waals surface area (Å²) in [6.45, 7) is 2.21. The monoisotopic (exact) mass is 326 g/mol. The summed E-state index contributed by atoms with van der Waals surface area (Å²) in [6.07, 6.45) is 9.20. The number of aliphatic carboxylic acids is 1. The number of unbranched alkanes of at least 4 members (excludes halogenated alkanes) is 6. The Labute approximate surface area is 136 Å². The van der Waals surface area contributed by atoms with Gasteiger partial charge in [-0.3, -0.25) is 9.69 Å². The van der Waals surface area contributed by atoms with Gasteiger partial charge in [-0.2, -0.15) is 0 Å². The Balaban J connectivity index is 1.85. The molecule has 1 amide bonds. The number of carboxylic acids is 1. The Bertz CT molecular complexity index is 464. The first kappa shape index (κ1) is 17.3. The van der Waals surface area contributed by atoms with Gasteiger partial charge in [0.2, 0.25) is 5.91 Å². The third-order valence-electron chi connectivity index (χ3n) is 4.37. The fraction of sp³-hybridized carbons (Fsp3) is 0.750. The fourth-order valence-corrected chi connectivity index (χ4v) is 4.40. The maximum atomic E-state index is 11.8. The molecule has 0 spiro atoms. The highest BCUT2D eigenvalue weighted by Crippen LogP contribution is 2.40. The van der Waals surface area contributed by atoms with Crippen LogP contribution >= 0.6 is 11.8 Å². The van der Waals surface area contributed by atoms with E-state index in [1.165, 1.54) is 37.0 Å². The molecule has 124 valence electrons. The van der Waals surface area contributed by atoms with Crippen molar-refractivity contribution in [1.82, 2.24) is 4.90 Å². The fourth-order valence-electron chi connectivity index (χ4n) is 3.07. The molecule has 0 radical (unpaired) electrons. The third kappa shape index (κ3) is 3.66. The molecule has 2 aliphatic rings. The van der Waals surface area contributed by atoms with E-state index in [0.717, 1.165) is 24.8 Å². The molecule has 0 bridgehead atoms. The van der Waals surface area contributed by atoms with Gasteiger partial charge in [0.05, 0.1) is 0 Å². The summed E-state index contributed by atoms with van der Waals surface area (Å²) in [6, 6.07) is -0.542. The lowest BCUT2D eigenvalue weighted by Crippen LogP contribution is -2.68. The number of carboxylic acid groups (broad SMARTS) is 1. The first-order chi connectivity index (χ1) is 10.6. The SMILES string of the molecule is CCCCCCCCCC1=C(C(=O)O)N2C(=O)C(N)C2SC1. The number of rotatable bonds is 9. The summed E-state index contributed by atoms with van der Waals surface area (Å²) in [5.74, 6) is -0.574. The van der Waals surface area contributed by atoms with Gasteiger partial charge < -0.3 is 10.8 Å². The lowest BCUT2D eigenvalue weighted by Gasteiger charge is -2.48. The van der Waals surface area contributed by atoms with Crippen molar-refractivity contribution in [3.8, 4) is 0 Å². The molecule has 2 atom stereocenters. The summed E-state index contributed by atoms with van der Waals surface area (Å²) in [7, 11) is 0. The number of carbonyl (C=O) groups excluding carboxylic acids is 1. The summed E-state index contributed by atoms with van der Waals surface area (Å²) < 4.78 is 0. The molecule has 3 N–H and O–H groups in total. The van der Waals surface area contributed by atoms with E-state index in [-0.39, 0.29) is 17.0 Å². The van der Waals surface area contributed by atoms with Gasteiger partial charge in [-0.1, -0.05) is 45.4 Å². The Morgan fingerprint density at radius 1 is 1.27 bits per heavy atom. The second-order valence-electron chi connectivity index (χ2n) is 6.06. The summed E-state index contributed by atoms with van der Waals surface area (Å²) >= 11 is 1.59. The van der Waals surface area contributed by atoms with Crippen LogP contribution in [0, 0.1) is 0 Å². The lowest BCUT2D eigenvalue weighted by molar-refractivity contribution is -0.148. The van der Waals surface area contributed by atoms with Crippen molar-refractivity contribution in [3.63, 3.8) is 0 Å². The highest BCUT2D eigenvalue weighted by molar-refractivity contribution is 8.00. The van der Waals surface area contributed by atoms with Gasteiger partial charge in [0.25, 0.3) is 0 Å². The minimum atomic E-state index is -0.997. The molecule has 1 fully saturated rings. The minimum absolute atomic E-state index is 0.184. The molecule has 0 aromatic rings. The average molecular weight is 326 g/mol. The van der Waals surface area contributed by atoms with E-state index in [1.54, 1.807) is 11.8 Å². The molecule has 2 aliphatic heterocycles. The van der Waals surface area contributed by atoms with E-state index in [4.69, 9.17) is 5.73 Å². The van der Waals surface area contributed by atoms with Crippen LogP contribution in [0.1, 0.15) is 58.3 Å². The van der Waals surface area contributed by atoms with E-state index in [0.29, 0.717) is 5.75 Å². The zero-order valence-corrected chi connectivity index (χ0v) is 14.0. The zero-order chi connectivity index (χ0) is 16.1. The molecule has 0 aromatic heterocycles. The number of β-lactam (4-membered cyclic amide) rings is 1. The predicted octanol–water partition coefficient (Wildman–Crippen LogP) is 2.71. The molecule has 0 saturated carbocycles. The number of amides is 1. The Kier molecular flexibility index (Phi) is 6.32. The molecule has 0 aromatic carbocycles. The average Bonchev–Trinajstić information content (AvgIpc) is 2.52. The van der Waals surface area contributed by atoms with Crippen molar-refractivity contribution in [3.05, 3.63) is 11.3 Å². The van der Waals surface area contributed by atoms with Crippen LogP contribution in [-0.2, 0) is 9.59 Å². The van der Waals surface area contributed by atoms with Crippen molar-refractivity contribution in [2.75, 3.05) is 5.75 Å². The number of nitrogens with zero attached hydrogens (tertiary/aromatic N) is 1. The smallest absolute Gasteiger partial charge is 0.352 e. The maximum Gasteiger partial charge on any atom is 0.352 e. The Hall–Kier alpha value is -1.01. The second kappa shape index (κ2) is 8.02. The van der Waals surface area contributed by atoms with Crippen molar-refractivity contribution in [2.45, 2.75) is 69.7 Å². The molecule has 5 nitrogen and oxygen atoms in total. The van der Waals surface area contributed by atoms with E-state index in [1.807, 2.05) is 0 Å². The van der Waals surface area contributed by atoms with Crippen LogP contribution in [0.25, 0.3) is 0 Å². The van der Waals surface area contributed by atoms with Gasteiger partial charge in [-0.15, -0.1) is 11.8 Å². The van der Waals surface area contributed by atoms with Crippen molar-refractivity contribution in [1.29, 1.82) is 0 Å². The molecule has 1 saturated heterocycles. The molecule has 22 heavy (non-hydrogen) atoms. The maximum absolute atomic E-state index is 11.8. The van der Waals surface area contributed by atoms with E-state index < -0.39 is 12.0 Å². The highest BCUT2D eigenvalue weighted by atomic mass is 32.2. The van der Waals surface area contributed by atoms with Gasteiger partial charge >= 0.3 is 5.97 Å². The topological polar surface area (TPSA) is 83.6 Å². The van der Waals surface area contributed by atoms with Crippen molar-refractivity contribution in [2.24, 2.45) is 5.73 Å². The summed E-state index contributed by atoms with van der Waals surface area (Å²) in [5, 5.41) is 9.25. The number of hydrogen-bond acceptors (Lipinski definition) is 4. The van der Waals surface area contributed by atoms with Crippen LogP contribution < -0.4 is 5.73 Å². The van der Waals surface area contributed by atoms with Crippen LogP contribution in [0.15, 0.2) is 11.3 Å². The first-order valence-corrected chi connectivity index (χ1v) is 9.28. The molecule has 6 heteroatoms. The van der Waals surface area contributed by atoms with Crippen molar-refractivity contribution < 1.29 is 14.7 Å². The van der Waals surface area contributed by atoms with Crippen LogP contribution in [0.5, 0.6) is 0 Å². The van der Waals surface area contributed by atoms with E-state index in [2.05, 4.69) is 6.92 Å².